The Kier molecular flexibility index (Phi) is 24.2. The molecule has 0 bridgehead atoms. The SMILES string of the molecule is CCCCCCCCCCCCCCCCCC[N+](C)(C)CCCC([SiH2]OC)([SiH2]OC)[SiH2]OC. The topological polar surface area (TPSA) is 27.7 Å². The van der Waals surface area contributed by atoms with Gasteiger partial charge >= 0.3 is 0 Å². The molecule has 0 fully saturated rings. The maximum Gasteiger partial charge on any atom is 0.165 e. The molecule has 0 aliphatic heterocycles. The minimum absolute atomic E-state index is 0.395. The smallest absolute Gasteiger partial charge is 0.165 e. The molecule has 0 radical (unpaired) electrons. The van der Waals surface area contributed by atoms with E-state index in [9.17, 15) is 0 Å². The van der Waals surface area contributed by atoms with Crippen molar-refractivity contribution >= 4 is 29.3 Å². The summed E-state index contributed by atoms with van der Waals surface area (Å²) in [6, 6.07) is 0. The first kappa shape index (κ1) is 34.5. The fourth-order valence-electron chi connectivity index (χ4n) is 5.34. The lowest BCUT2D eigenvalue weighted by Crippen LogP contribution is -2.43. The molecule has 0 spiro atoms. The van der Waals surface area contributed by atoms with Crippen LogP contribution in [0.2, 0.25) is 4.28 Å². The summed E-state index contributed by atoms with van der Waals surface area (Å²) in [5, 5.41) is 0. The lowest BCUT2D eigenvalue weighted by Gasteiger charge is -2.34. The summed E-state index contributed by atoms with van der Waals surface area (Å²) in [7, 11) is 8.88. The summed E-state index contributed by atoms with van der Waals surface area (Å²) < 4.78 is 18.7. The zero-order valence-corrected chi connectivity index (χ0v) is 28.7. The van der Waals surface area contributed by atoms with Gasteiger partial charge in [0.1, 0.15) is 0 Å². The van der Waals surface area contributed by atoms with Gasteiger partial charge in [-0.15, -0.1) is 0 Å². The fraction of sp³-hybridized carbons (Fsp3) is 1.00. The second-order valence-electron chi connectivity index (χ2n) is 11.6. The largest absolute Gasteiger partial charge is 0.427 e. The van der Waals surface area contributed by atoms with E-state index in [-0.39, 0.29) is 0 Å². The molecule has 0 atom stereocenters. The highest BCUT2D eigenvalue weighted by Gasteiger charge is 2.33. The normalized spacial score (nSPS) is 15.0. The maximum atomic E-state index is 5.70. The third-order valence-corrected chi connectivity index (χ3v) is 14.9. The molecular formula is C27H64NO3Si3+. The Balaban J connectivity index is 3.68. The van der Waals surface area contributed by atoms with Gasteiger partial charge in [0.15, 0.2) is 29.3 Å². The molecule has 0 saturated carbocycles. The Labute approximate surface area is 222 Å². The predicted octanol–water partition coefficient (Wildman–Crippen LogP) is 5.37. The van der Waals surface area contributed by atoms with Crippen LogP contribution in [0.15, 0.2) is 0 Å². The summed E-state index contributed by atoms with van der Waals surface area (Å²) >= 11 is 0. The number of rotatable bonds is 27. The molecule has 0 aliphatic rings. The van der Waals surface area contributed by atoms with E-state index < -0.39 is 29.3 Å². The summed E-state index contributed by atoms with van der Waals surface area (Å²) in [4.78, 5) is 0. The Bertz CT molecular complexity index is 411. The van der Waals surface area contributed by atoms with Crippen LogP contribution < -0.4 is 0 Å². The van der Waals surface area contributed by atoms with Crippen molar-refractivity contribution in [2.45, 2.75) is 127 Å². The van der Waals surface area contributed by atoms with Crippen molar-refractivity contribution in [1.82, 2.24) is 0 Å². The van der Waals surface area contributed by atoms with E-state index in [0.717, 1.165) is 4.48 Å². The molecule has 0 rings (SSSR count). The quantitative estimate of drug-likeness (QED) is 0.0805. The van der Waals surface area contributed by atoms with Crippen LogP contribution in [0.1, 0.15) is 122 Å². The van der Waals surface area contributed by atoms with Crippen molar-refractivity contribution in [3.63, 3.8) is 0 Å². The first-order chi connectivity index (χ1) is 16.4. The Hall–Kier alpha value is 0.491. The average Bonchev–Trinajstić information content (AvgIpc) is 2.79. The van der Waals surface area contributed by atoms with E-state index in [0.29, 0.717) is 4.28 Å². The second-order valence-corrected chi connectivity index (χ2v) is 21.7. The van der Waals surface area contributed by atoms with Gasteiger partial charge in [-0.25, -0.2) is 0 Å². The Morgan fingerprint density at radius 2 is 0.824 bits per heavy atom. The summed E-state index contributed by atoms with van der Waals surface area (Å²) in [5.41, 5.74) is 0. The first-order valence-corrected chi connectivity index (χ1v) is 18.6. The molecule has 0 unspecified atom stereocenters. The van der Waals surface area contributed by atoms with Crippen molar-refractivity contribution in [3.8, 4) is 0 Å². The molecule has 4 nitrogen and oxygen atoms in total. The van der Waals surface area contributed by atoms with Crippen molar-refractivity contribution in [2.75, 3.05) is 48.5 Å². The van der Waals surface area contributed by atoms with E-state index in [1.54, 1.807) is 0 Å². The number of hydrogen-bond acceptors (Lipinski definition) is 3. The van der Waals surface area contributed by atoms with E-state index in [2.05, 4.69) is 21.0 Å². The molecule has 0 aliphatic carbocycles. The van der Waals surface area contributed by atoms with Crippen LogP contribution in [-0.2, 0) is 13.3 Å². The highest BCUT2D eigenvalue weighted by atomic mass is 28.4. The molecule has 0 aromatic carbocycles. The van der Waals surface area contributed by atoms with E-state index in [4.69, 9.17) is 13.3 Å². The maximum absolute atomic E-state index is 5.70. The number of hydrogen-bond donors (Lipinski definition) is 0. The van der Waals surface area contributed by atoms with E-state index in [1.165, 1.54) is 129 Å². The minimum atomic E-state index is -0.533. The van der Waals surface area contributed by atoms with Gasteiger partial charge in [-0.1, -0.05) is 96.8 Å². The van der Waals surface area contributed by atoms with Crippen LogP contribution >= 0.6 is 0 Å². The van der Waals surface area contributed by atoms with Gasteiger partial charge in [0.25, 0.3) is 0 Å². The van der Waals surface area contributed by atoms with Crippen LogP contribution in [-0.4, -0.2) is 82.3 Å². The number of nitrogens with zero attached hydrogens (tertiary/aromatic N) is 1. The fourth-order valence-corrected chi connectivity index (χ4v) is 13.0. The number of unbranched alkanes of at least 4 members (excludes halogenated alkanes) is 15. The number of quaternary nitrogens is 1. The van der Waals surface area contributed by atoms with Gasteiger partial charge in [0, 0.05) is 25.6 Å². The summed E-state index contributed by atoms with van der Waals surface area (Å²) in [5.74, 6) is 0. The highest BCUT2D eigenvalue weighted by Crippen LogP contribution is 2.29. The van der Waals surface area contributed by atoms with Gasteiger partial charge in [-0.3, -0.25) is 0 Å². The second kappa shape index (κ2) is 23.9. The van der Waals surface area contributed by atoms with E-state index in [1.807, 2.05) is 21.3 Å². The Morgan fingerprint density at radius 3 is 1.18 bits per heavy atom. The zero-order chi connectivity index (χ0) is 25.4. The molecular weight excluding hydrogens is 471 g/mol. The molecule has 206 valence electrons. The lowest BCUT2D eigenvalue weighted by atomic mass is 10.0. The molecule has 34 heavy (non-hydrogen) atoms. The standard InChI is InChI=1S/C27H64NO3Si3/c1-7-8-9-10-11-12-13-14-15-16-17-18-19-20-21-22-25-28(2,3)26-23-24-27(32-29-4,33-30-5)34-31-6/h7-26,32-34H2,1-6H3/q+1. The van der Waals surface area contributed by atoms with Crippen LogP contribution in [0.25, 0.3) is 0 Å². The van der Waals surface area contributed by atoms with Crippen molar-refractivity contribution in [3.05, 3.63) is 0 Å². The minimum Gasteiger partial charge on any atom is -0.427 e. The molecule has 0 N–H and O–H groups in total. The molecule has 0 amide bonds. The lowest BCUT2D eigenvalue weighted by molar-refractivity contribution is -0.890. The van der Waals surface area contributed by atoms with Gasteiger partial charge in [-0.2, -0.15) is 0 Å². The van der Waals surface area contributed by atoms with Crippen molar-refractivity contribution in [2.24, 2.45) is 0 Å². The van der Waals surface area contributed by atoms with Crippen molar-refractivity contribution < 1.29 is 17.8 Å². The third kappa shape index (κ3) is 20.7. The van der Waals surface area contributed by atoms with Crippen molar-refractivity contribution in [1.29, 1.82) is 0 Å². The third-order valence-electron chi connectivity index (χ3n) is 7.44. The van der Waals surface area contributed by atoms with Crippen LogP contribution in [0, 0.1) is 0 Å². The zero-order valence-electron chi connectivity index (χ0n) is 24.4. The van der Waals surface area contributed by atoms with Gasteiger partial charge in [0.2, 0.25) is 0 Å². The van der Waals surface area contributed by atoms with Gasteiger partial charge < -0.3 is 17.8 Å². The van der Waals surface area contributed by atoms with Crippen LogP contribution in [0.5, 0.6) is 0 Å². The van der Waals surface area contributed by atoms with Gasteiger partial charge in [0.05, 0.1) is 27.2 Å². The van der Waals surface area contributed by atoms with Gasteiger partial charge in [-0.05, 0) is 25.7 Å². The summed E-state index contributed by atoms with van der Waals surface area (Å²) in [6.07, 6.45) is 25.7. The molecule has 0 aromatic rings. The van der Waals surface area contributed by atoms with E-state index >= 15 is 0 Å². The molecule has 0 saturated heterocycles. The van der Waals surface area contributed by atoms with Crippen LogP contribution in [0.3, 0.4) is 0 Å². The van der Waals surface area contributed by atoms with Crippen LogP contribution in [0.4, 0.5) is 0 Å². The average molecular weight is 535 g/mol. The highest BCUT2D eigenvalue weighted by molar-refractivity contribution is 6.73. The Morgan fingerprint density at radius 1 is 0.500 bits per heavy atom. The summed E-state index contributed by atoms with van der Waals surface area (Å²) in [6.45, 7) is 4.89. The molecule has 0 aromatic heterocycles. The monoisotopic (exact) mass is 534 g/mol. The predicted molar refractivity (Wildman–Crippen MR) is 160 cm³/mol. The molecule has 7 heteroatoms. The first-order valence-electron chi connectivity index (χ1n) is 14.7. The molecule has 0 heterocycles.